The van der Waals surface area contributed by atoms with Crippen LogP contribution in [0, 0.1) is 6.92 Å². The van der Waals surface area contributed by atoms with Crippen LogP contribution in [0.15, 0.2) is 30.6 Å². The van der Waals surface area contributed by atoms with E-state index in [2.05, 4.69) is 41.6 Å². The number of hydrogen-bond acceptors (Lipinski definition) is 2. The molecule has 3 heteroatoms. The van der Waals surface area contributed by atoms with Crippen LogP contribution in [0.3, 0.4) is 0 Å². The third kappa shape index (κ3) is 2.39. The van der Waals surface area contributed by atoms with Crippen LogP contribution in [-0.2, 0) is 13.0 Å². The number of benzene rings is 1. The molecule has 1 aromatic heterocycles. The molecule has 90 valence electrons. The van der Waals surface area contributed by atoms with E-state index in [1.165, 1.54) is 11.1 Å². The molecule has 2 N–H and O–H groups in total. The standard InChI is InChI=1S/C14H19N3/c1-3-4-14-16-7-8-17(14)13-6-5-11(2)9-12(13)10-15/h5-9H,3-4,10,15H2,1-2H3. The number of rotatable bonds is 4. The Morgan fingerprint density at radius 1 is 1.35 bits per heavy atom. The molecule has 0 amide bonds. The monoisotopic (exact) mass is 229 g/mol. The summed E-state index contributed by atoms with van der Waals surface area (Å²) in [7, 11) is 0. The van der Waals surface area contributed by atoms with E-state index >= 15 is 0 Å². The maximum atomic E-state index is 5.82. The van der Waals surface area contributed by atoms with Crippen molar-refractivity contribution >= 4 is 0 Å². The van der Waals surface area contributed by atoms with Crippen molar-refractivity contribution in [3.8, 4) is 5.69 Å². The molecule has 0 atom stereocenters. The Bertz CT molecular complexity index is 500. The minimum Gasteiger partial charge on any atom is -0.326 e. The molecular weight excluding hydrogens is 210 g/mol. The molecule has 0 aliphatic rings. The quantitative estimate of drug-likeness (QED) is 0.875. The van der Waals surface area contributed by atoms with Crippen molar-refractivity contribution in [2.45, 2.75) is 33.2 Å². The molecule has 0 spiro atoms. The van der Waals surface area contributed by atoms with Gasteiger partial charge in [-0.25, -0.2) is 4.98 Å². The molecule has 3 nitrogen and oxygen atoms in total. The summed E-state index contributed by atoms with van der Waals surface area (Å²) >= 11 is 0. The fraction of sp³-hybridized carbons (Fsp3) is 0.357. The predicted octanol–water partition coefficient (Wildman–Crippen LogP) is 2.59. The SMILES string of the molecule is CCCc1nccn1-c1ccc(C)cc1CN. The van der Waals surface area contributed by atoms with Crippen molar-refractivity contribution in [1.82, 2.24) is 9.55 Å². The van der Waals surface area contributed by atoms with Gasteiger partial charge in [0.1, 0.15) is 5.82 Å². The number of imidazole rings is 1. The van der Waals surface area contributed by atoms with Gasteiger partial charge in [0.15, 0.2) is 0 Å². The topological polar surface area (TPSA) is 43.8 Å². The van der Waals surface area contributed by atoms with Gasteiger partial charge in [0, 0.05) is 25.4 Å². The maximum absolute atomic E-state index is 5.82. The molecule has 0 bridgehead atoms. The van der Waals surface area contributed by atoms with E-state index in [9.17, 15) is 0 Å². The Balaban J connectivity index is 2.48. The second kappa shape index (κ2) is 5.15. The van der Waals surface area contributed by atoms with Crippen LogP contribution in [0.4, 0.5) is 0 Å². The lowest BCUT2D eigenvalue weighted by molar-refractivity contribution is 0.803. The average Bonchev–Trinajstić information content (AvgIpc) is 2.77. The third-order valence-corrected chi connectivity index (χ3v) is 2.91. The highest BCUT2D eigenvalue weighted by atomic mass is 15.1. The van der Waals surface area contributed by atoms with Gasteiger partial charge >= 0.3 is 0 Å². The maximum Gasteiger partial charge on any atom is 0.113 e. The van der Waals surface area contributed by atoms with Crippen LogP contribution in [0.5, 0.6) is 0 Å². The normalized spacial score (nSPS) is 10.8. The van der Waals surface area contributed by atoms with E-state index in [1.807, 2.05) is 12.4 Å². The van der Waals surface area contributed by atoms with Crippen LogP contribution in [0.25, 0.3) is 5.69 Å². The Kier molecular flexibility index (Phi) is 3.59. The molecule has 1 heterocycles. The summed E-state index contributed by atoms with van der Waals surface area (Å²) in [4.78, 5) is 4.40. The molecule has 17 heavy (non-hydrogen) atoms. The van der Waals surface area contributed by atoms with Gasteiger partial charge < -0.3 is 10.3 Å². The lowest BCUT2D eigenvalue weighted by Gasteiger charge is -2.12. The summed E-state index contributed by atoms with van der Waals surface area (Å²) in [6.45, 7) is 4.81. The first-order chi connectivity index (χ1) is 8.26. The molecule has 2 aromatic rings. The molecule has 0 saturated heterocycles. The average molecular weight is 229 g/mol. The van der Waals surface area contributed by atoms with Crippen LogP contribution in [0.1, 0.15) is 30.3 Å². The second-order valence-corrected chi connectivity index (χ2v) is 4.30. The summed E-state index contributed by atoms with van der Waals surface area (Å²) in [5.41, 5.74) is 9.38. The molecule has 1 aromatic carbocycles. The fourth-order valence-electron chi connectivity index (χ4n) is 2.08. The molecule has 0 aliphatic carbocycles. The number of aromatic nitrogens is 2. The van der Waals surface area contributed by atoms with Gasteiger partial charge in [-0.15, -0.1) is 0 Å². The van der Waals surface area contributed by atoms with Crippen molar-refractivity contribution in [3.63, 3.8) is 0 Å². The minimum absolute atomic E-state index is 0.556. The van der Waals surface area contributed by atoms with E-state index < -0.39 is 0 Å². The first-order valence-electron chi connectivity index (χ1n) is 6.08. The highest BCUT2D eigenvalue weighted by Gasteiger charge is 2.08. The third-order valence-electron chi connectivity index (χ3n) is 2.91. The van der Waals surface area contributed by atoms with Gasteiger partial charge in [-0.2, -0.15) is 0 Å². The van der Waals surface area contributed by atoms with Crippen molar-refractivity contribution in [3.05, 3.63) is 47.5 Å². The first-order valence-corrected chi connectivity index (χ1v) is 6.08. The van der Waals surface area contributed by atoms with Gasteiger partial charge in [0.25, 0.3) is 0 Å². The van der Waals surface area contributed by atoms with Crippen molar-refractivity contribution in [1.29, 1.82) is 0 Å². The highest BCUT2D eigenvalue weighted by molar-refractivity contribution is 5.44. The van der Waals surface area contributed by atoms with Crippen LogP contribution in [-0.4, -0.2) is 9.55 Å². The molecule has 0 unspecified atom stereocenters. The van der Waals surface area contributed by atoms with E-state index in [0.29, 0.717) is 6.54 Å². The number of nitrogens with zero attached hydrogens (tertiary/aromatic N) is 2. The van der Waals surface area contributed by atoms with Gasteiger partial charge in [0.05, 0.1) is 5.69 Å². The molecular formula is C14H19N3. The Labute approximate surface area is 102 Å². The summed E-state index contributed by atoms with van der Waals surface area (Å²) in [6.07, 6.45) is 5.95. The van der Waals surface area contributed by atoms with Gasteiger partial charge in [0.2, 0.25) is 0 Å². The van der Waals surface area contributed by atoms with Crippen molar-refractivity contribution < 1.29 is 0 Å². The Morgan fingerprint density at radius 2 is 2.18 bits per heavy atom. The Morgan fingerprint density at radius 3 is 2.88 bits per heavy atom. The zero-order valence-electron chi connectivity index (χ0n) is 10.5. The summed E-state index contributed by atoms with van der Waals surface area (Å²) in [5.74, 6) is 1.10. The van der Waals surface area contributed by atoms with Crippen molar-refractivity contribution in [2.24, 2.45) is 5.73 Å². The lowest BCUT2D eigenvalue weighted by atomic mass is 10.1. The number of hydrogen-bond donors (Lipinski definition) is 1. The summed E-state index contributed by atoms with van der Waals surface area (Å²) in [5, 5.41) is 0. The number of aryl methyl sites for hydroxylation is 2. The van der Waals surface area contributed by atoms with Crippen LogP contribution < -0.4 is 5.73 Å². The molecule has 2 rings (SSSR count). The van der Waals surface area contributed by atoms with Gasteiger partial charge in [-0.05, 0) is 25.0 Å². The molecule has 0 fully saturated rings. The summed E-state index contributed by atoms with van der Waals surface area (Å²) < 4.78 is 2.14. The first kappa shape index (κ1) is 11.9. The molecule has 0 saturated carbocycles. The highest BCUT2D eigenvalue weighted by Crippen LogP contribution is 2.18. The van der Waals surface area contributed by atoms with E-state index in [1.54, 1.807) is 0 Å². The smallest absolute Gasteiger partial charge is 0.113 e. The number of nitrogens with two attached hydrogens (primary N) is 1. The van der Waals surface area contributed by atoms with Crippen molar-refractivity contribution in [2.75, 3.05) is 0 Å². The predicted molar refractivity (Wildman–Crippen MR) is 70.2 cm³/mol. The van der Waals surface area contributed by atoms with Gasteiger partial charge in [-0.1, -0.05) is 24.6 Å². The van der Waals surface area contributed by atoms with Gasteiger partial charge in [-0.3, -0.25) is 0 Å². The molecule has 0 radical (unpaired) electrons. The summed E-state index contributed by atoms with van der Waals surface area (Å²) in [6, 6.07) is 6.38. The Hall–Kier alpha value is -1.61. The minimum atomic E-state index is 0.556. The zero-order valence-corrected chi connectivity index (χ0v) is 10.5. The second-order valence-electron chi connectivity index (χ2n) is 4.30. The zero-order chi connectivity index (χ0) is 12.3. The van der Waals surface area contributed by atoms with E-state index in [0.717, 1.165) is 24.4 Å². The van der Waals surface area contributed by atoms with Crippen LogP contribution >= 0.6 is 0 Å². The van der Waals surface area contributed by atoms with Crippen LogP contribution in [0.2, 0.25) is 0 Å². The molecule has 0 aliphatic heterocycles. The van der Waals surface area contributed by atoms with E-state index in [4.69, 9.17) is 5.73 Å². The largest absolute Gasteiger partial charge is 0.326 e. The van der Waals surface area contributed by atoms with E-state index in [-0.39, 0.29) is 0 Å². The fourth-order valence-corrected chi connectivity index (χ4v) is 2.08. The lowest BCUT2D eigenvalue weighted by Crippen LogP contribution is -2.07.